The molecule has 0 aromatic carbocycles. The molecule has 64 valence electrons. The summed E-state index contributed by atoms with van der Waals surface area (Å²) in [5, 5.41) is 0. The van der Waals surface area contributed by atoms with Gasteiger partial charge in [0.05, 0.1) is 0 Å². The second-order valence-corrected chi connectivity index (χ2v) is 4.18. The minimum atomic E-state index is 0.730. The fraction of sp³-hybridized carbons (Fsp3) is 1.00. The number of fused-ring (bicyclic) bond motifs is 2. The van der Waals surface area contributed by atoms with Crippen molar-refractivity contribution >= 4 is 0 Å². The summed E-state index contributed by atoms with van der Waals surface area (Å²) in [5.41, 5.74) is 5.61. The quantitative estimate of drug-likeness (QED) is 0.602. The third-order valence-electron chi connectivity index (χ3n) is 3.55. The predicted octanol–water partition coefficient (Wildman–Crippen LogP) is 1.02. The molecular weight excluding hydrogens is 136 g/mol. The van der Waals surface area contributed by atoms with Crippen molar-refractivity contribution in [3.05, 3.63) is 0 Å². The first-order chi connectivity index (χ1) is 5.31. The molecule has 2 rings (SSSR count). The molecule has 0 spiro atoms. The molecule has 0 aromatic heterocycles. The molecule has 2 fully saturated rings. The molecule has 11 heavy (non-hydrogen) atoms. The fourth-order valence-corrected chi connectivity index (χ4v) is 2.89. The number of rotatable bonds is 2. The average molecular weight is 154 g/mol. The molecule has 2 saturated carbocycles. The second kappa shape index (κ2) is 2.76. The van der Waals surface area contributed by atoms with Crippen LogP contribution in [0, 0.1) is 11.8 Å². The number of hydrogen-bond donors (Lipinski definition) is 1. The third-order valence-corrected chi connectivity index (χ3v) is 3.55. The van der Waals surface area contributed by atoms with Crippen LogP contribution in [-0.2, 0) is 0 Å². The standard InChI is InChI=1S/C9H18N2/c1-11(6-10)9-5-7-2-3-8(9)4-7/h7-9H,2-6,10H2,1H3. The Morgan fingerprint density at radius 1 is 1.36 bits per heavy atom. The Labute approximate surface area is 68.7 Å². The van der Waals surface area contributed by atoms with Gasteiger partial charge in [-0.3, -0.25) is 4.90 Å². The van der Waals surface area contributed by atoms with E-state index in [1.165, 1.54) is 25.7 Å². The van der Waals surface area contributed by atoms with Crippen LogP contribution in [0.1, 0.15) is 25.7 Å². The molecule has 0 aromatic rings. The van der Waals surface area contributed by atoms with Gasteiger partial charge in [0.25, 0.3) is 0 Å². The minimum absolute atomic E-state index is 0.730. The molecule has 2 bridgehead atoms. The molecule has 2 N–H and O–H groups in total. The van der Waals surface area contributed by atoms with Gasteiger partial charge in [-0.15, -0.1) is 0 Å². The summed E-state index contributed by atoms with van der Waals surface area (Å²) in [6.45, 7) is 0.730. The van der Waals surface area contributed by atoms with E-state index in [9.17, 15) is 0 Å². The zero-order valence-corrected chi connectivity index (χ0v) is 7.29. The van der Waals surface area contributed by atoms with Crippen LogP contribution in [0.4, 0.5) is 0 Å². The lowest BCUT2D eigenvalue weighted by Crippen LogP contribution is -2.39. The topological polar surface area (TPSA) is 29.3 Å². The lowest BCUT2D eigenvalue weighted by atomic mass is 9.95. The predicted molar refractivity (Wildman–Crippen MR) is 46.1 cm³/mol. The third kappa shape index (κ3) is 1.18. The molecule has 0 radical (unpaired) electrons. The van der Waals surface area contributed by atoms with Crippen molar-refractivity contribution in [3.8, 4) is 0 Å². The monoisotopic (exact) mass is 154 g/mol. The second-order valence-electron chi connectivity index (χ2n) is 4.18. The summed E-state index contributed by atoms with van der Waals surface area (Å²) in [4.78, 5) is 2.32. The van der Waals surface area contributed by atoms with E-state index in [1.54, 1.807) is 0 Å². The van der Waals surface area contributed by atoms with Crippen molar-refractivity contribution in [2.45, 2.75) is 31.7 Å². The minimum Gasteiger partial charge on any atom is -0.318 e. The van der Waals surface area contributed by atoms with Gasteiger partial charge in [-0.2, -0.15) is 0 Å². The smallest absolute Gasteiger partial charge is 0.0455 e. The van der Waals surface area contributed by atoms with Crippen LogP contribution in [-0.4, -0.2) is 24.7 Å². The van der Waals surface area contributed by atoms with Gasteiger partial charge < -0.3 is 5.73 Å². The Kier molecular flexibility index (Phi) is 1.90. The molecule has 3 unspecified atom stereocenters. The van der Waals surface area contributed by atoms with Crippen LogP contribution in [0.5, 0.6) is 0 Å². The largest absolute Gasteiger partial charge is 0.318 e. The highest BCUT2D eigenvalue weighted by atomic mass is 15.2. The molecule has 2 aliphatic carbocycles. The maximum Gasteiger partial charge on any atom is 0.0455 e. The zero-order valence-electron chi connectivity index (χ0n) is 7.29. The lowest BCUT2D eigenvalue weighted by Gasteiger charge is -2.30. The fourth-order valence-electron chi connectivity index (χ4n) is 2.89. The Morgan fingerprint density at radius 2 is 2.18 bits per heavy atom. The molecule has 0 amide bonds. The van der Waals surface area contributed by atoms with Crippen LogP contribution in [0.25, 0.3) is 0 Å². The van der Waals surface area contributed by atoms with Gasteiger partial charge in [0.2, 0.25) is 0 Å². The van der Waals surface area contributed by atoms with Crippen molar-refractivity contribution in [1.82, 2.24) is 4.90 Å². The van der Waals surface area contributed by atoms with Crippen LogP contribution >= 0.6 is 0 Å². The Hall–Kier alpha value is -0.0800. The molecule has 2 aliphatic rings. The molecule has 0 aliphatic heterocycles. The average Bonchev–Trinajstić information content (AvgIpc) is 2.62. The summed E-state index contributed by atoms with van der Waals surface area (Å²) in [6, 6.07) is 0.818. The molecule has 0 heterocycles. The van der Waals surface area contributed by atoms with Gasteiger partial charge in [-0.25, -0.2) is 0 Å². The van der Waals surface area contributed by atoms with Crippen molar-refractivity contribution < 1.29 is 0 Å². The molecule has 3 atom stereocenters. The van der Waals surface area contributed by atoms with E-state index < -0.39 is 0 Å². The van der Waals surface area contributed by atoms with E-state index in [0.717, 1.165) is 24.5 Å². The number of nitrogens with zero attached hydrogens (tertiary/aromatic N) is 1. The summed E-state index contributed by atoms with van der Waals surface area (Å²) in [7, 11) is 2.16. The maximum atomic E-state index is 5.61. The first kappa shape index (κ1) is 7.56. The Balaban J connectivity index is 1.96. The maximum absolute atomic E-state index is 5.61. The van der Waals surface area contributed by atoms with Crippen molar-refractivity contribution in [2.24, 2.45) is 17.6 Å². The van der Waals surface area contributed by atoms with Crippen LogP contribution < -0.4 is 5.73 Å². The van der Waals surface area contributed by atoms with Crippen LogP contribution in [0.3, 0.4) is 0 Å². The first-order valence-corrected chi connectivity index (χ1v) is 4.71. The van der Waals surface area contributed by atoms with E-state index in [0.29, 0.717) is 0 Å². The molecular formula is C9H18N2. The van der Waals surface area contributed by atoms with Gasteiger partial charge in [0.15, 0.2) is 0 Å². The van der Waals surface area contributed by atoms with E-state index in [1.807, 2.05) is 0 Å². The summed E-state index contributed by atoms with van der Waals surface area (Å²) >= 11 is 0. The van der Waals surface area contributed by atoms with E-state index >= 15 is 0 Å². The molecule has 2 heteroatoms. The van der Waals surface area contributed by atoms with Gasteiger partial charge in [-0.1, -0.05) is 6.42 Å². The summed E-state index contributed by atoms with van der Waals surface area (Å²) < 4.78 is 0. The van der Waals surface area contributed by atoms with Gasteiger partial charge in [-0.05, 0) is 38.1 Å². The highest BCUT2D eigenvalue weighted by Gasteiger charge is 2.40. The first-order valence-electron chi connectivity index (χ1n) is 4.71. The number of hydrogen-bond acceptors (Lipinski definition) is 2. The van der Waals surface area contributed by atoms with Crippen LogP contribution in [0.15, 0.2) is 0 Å². The summed E-state index contributed by atoms with van der Waals surface area (Å²) in [5.74, 6) is 2.02. The van der Waals surface area contributed by atoms with Crippen molar-refractivity contribution in [1.29, 1.82) is 0 Å². The molecule has 0 saturated heterocycles. The van der Waals surface area contributed by atoms with E-state index in [-0.39, 0.29) is 0 Å². The highest BCUT2D eigenvalue weighted by molar-refractivity contribution is 4.94. The van der Waals surface area contributed by atoms with Crippen molar-refractivity contribution in [3.63, 3.8) is 0 Å². The van der Waals surface area contributed by atoms with E-state index in [4.69, 9.17) is 5.73 Å². The normalized spacial score (nSPS) is 42.3. The Bertz CT molecular complexity index is 146. The van der Waals surface area contributed by atoms with Gasteiger partial charge in [0, 0.05) is 12.7 Å². The SMILES string of the molecule is CN(CN)C1CC2CCC1C2. The highest BCUT2D eigenvalue weighted by Crippen LogP contribution is 2.46. The van der Waals surface area contributed by atoms with E-state index in [2.05, 4.69) is 11.9 Å². The van der Waals surface area contributed by atoms with Crippen molar-refractivity contribution in [2.75, 3.05) is 13.7 Å². The lowest BCUT2D eigenvalue weighted by molar-refractivity contribution is 0.180. The van der Waals surface area contributed by atoms with Gasteiger partial charge in [0.1, 0.15) is 0 Å². The van der Waals surface area contributed by atoms with Gasteiger partial charge >= 0.3 is 0 Å². The molecule has 2 nitrogen and oxygen atoms in total. The van der Waals surface area contributed by atoms with Crippen LogP contribution in [0.2, 0.25) is 0 Å². The number of nitrogens with two attached hydrogens (primary N) is 1. The zero-order chi connectivity index (χ0) is 7.84. The Morgan fingerprint density at radius 3 is 2.64 bits per heavy atom. The summed E-state index contributed by atoms with van der Waals surface area (Å²) in [6.07, 6.45) is 5.84.